The Morgan fingerprint density at radius 3 is 2.44 bits per heavy atom. The maximum absolute atomic E-state index is 12.8. The topological polar surface area (TPSA) is 66.0 Å². The number of aryl methyl sites for hydroxylation is 1. The van der Waals surface area contributed by atoms with Crippen molar-refractivity contribution < 1.29 is 17.6 Å². The van der Waals surface area contributed by atoms with Crippen molar-refractivity contribution >= 4 is 16.9 Å². The van der Waals surface area contributed by atoms with E-state index in [0.29, 0.717) is 28.7 Å². The third kappa shape index (κ3) is 6.08. The number of oxazole rings is 1. The average molecular weight is 533 g/mol. The standard InChI is InChI=1S/C31H31F3N4O/c1-20(2)26-16-23(18-35)17-27-29(26)39-30(37-27)24-8-6-21(7-9-24)4-3-5-22-12-14-38(15-13-22)28-11-10-25(19-36-28)31(32,33)34/h6-11,16-17,19-20,22H,3-5,12-15H2,1-2H3. The molecule has 2 aromatic carbocycles. The summed E-state index contributed by atoms with van der Waals surface area (Å²) in [6.45, 7) is 5.78. The molecule has 0 saturated carbocycles. The molecule has 0 N–H and O–H groups in total. The number of fused-ring (bicyclic) bond motifs is 1. The Morgan fingerprint density at radius 1 is 1.08 bits per heavy atom. The molecule has 0 atom stereocenters. The van der Waals surface area contributed by atoms with Crippen LogP contribution in [0.25, 0.3) is 22.6 Å². The molecule has 3 heterocycles. The SMILES string of the molecule is CC(C)c1cc(C#N)cc2nc(-c3ccc(CCCC4CCN(c5ccc(C(F)(F)F)cn5)CC4)cc3)oc12. The summed E-state index contributed by atoms with van der Waals surface area (Å²) in [5, 5.41) is 9.36. The Morgan fingerprint density at radius 2 is 1.82 bits per heavy atom. The van der Waals surface area contributed by atoms with Gasteiger partial charge >= 0.3 is 6.18 Å². The molecule has 5 rings (SSSR count). The van der Waals surface area contributed by atoms with Gasteiger partial charge in [-0.3, -0.25) is 0 Å². The fourth-order valence-electron chi connectivity index (χ4n) is 5.28. The Hall–Kier alpha value is -3.86. The lowest BCUT2D eigenvalue weighted by molar-refractivity contribution is -0.137. The summed E-state index contributed by atoms with van der Waals surface area (Å²) >= 11 is 0. The molecule has 2 aromatic heterocycles. The van der Waals surface area contributed by atoms with E-state index in [-0.39, 0.29) is 5.92 Å². The van der Waals surface area contributed by atoms with Crippen LogP contribution in [0, 0.1) is 17.2 Å². The fraction of sp³-hybridized carbons (Fsp3) is 0.387. The monoisotopic (exact) mass is 532 g/mol. The van der Waals surface area contributed by atoms with E-state index >= 15 is 0 Å². The van der Waals surface area contributed by atoms with E-state index in [0.717, 1.165) is 74.2 Å². The van der Waals surface area contributed by atoms with Crippen molar-refractivity contribution in [3.63, 3.8) is 0 Å². The normalized spacial score (nSPS) is 14.7. The first kappa shape index (κ1) is 26.7. The zero-order valence-corrected chi connectivity index (χ0v) is 22.1. The van der Waals surface area contributed by atoms with Crippen LogP contribution in [-0.2, 0) is 12.6 Å². The zero-order valence-electron chi connectivity index (χ0n) is 22.1. The molecule has 5 nitrogen and oxygen atoms in total. The molecule has 202 valence electrons. The zero-order chi connectivity index (χ0) is 27.6. The molecule has 0 spiro atoms. The van der Waals surface area contributed by atoms with Crippen LogP contribution in [0.15, 0.2) is 59.1 Å². The maximum atomic E-state index is 12.8. The minimum Gasteiger partial charge on any atom is -0.436 e. The van der Waals surface area contributed by atoms with Crippen molar-refractivity contribution in [2.45, 2.75) is 58.0 Å². The highest BCUT2D eigenvalue weighted by Gasteiger charge is 2.31. The molecule has 8 heteroatoms. The molecule has 0 aliphatic carbocycles. The second-order valence-electron chi connectivity index (χ2n) is 10.6. The highest BCUT2D eigenvalue weighted by atomic mass is 19.4. The van der Waals surface area contributed by atoms with Gasteiger partial charge in [0, 0.05) is 30.4 Å². The second-order valence-corrected chi connectivity index (χ2v) is 10.6. The molecule has 1 aliphatic rings. The molecule has 4 aromatic rings. The second kappa shape index (κ2) is 11.1. The Balaban J connectivity index is 1.13. The number of pyridine rings is 1. The fourth-order valence-corrected chi connectivity index (χ4v) is 5.28. The van der Waals surface area contributed by atoms with Gasteiger partial charge in [-0.25, -0.2) is 9.97 Å². The summed E-state index contributed by atoms with van der Waals surface area (Å²) in [5.41, 5.74) is 4.48. The Kier molecular flexibility index (Phi) is 7.60. The summed E-state index contributed by atoms with van der Waals surface area (Å²) in [7, 11) is 0. The summed E-state index contributed by atoms with van der Waals surface area (Å²) in [6.07, 6.45) is 1.79. The number of hydrogen-bond donors (Lipinski definition) is 0. The van der Waals surface area contributed by atoms with Crippen LogP contribution in [0.3, 0.4) is 0 Å². The molecule has 0 radical (unpaired) electrons. The molecule has 1 aliphatic heterocycles. The van der Waals surface area contributed by atoms with Crippen LogP contribution in [0.1, 0.15) is 67.7 Å². The van der Waals surface area contributed by atoms with Gasteiger partial charge < -0.3 is 9.32 Å². The highest BCUT2D eigenvalue weighted by molar-refractivity contribution is 5.81. The number of hydrogen-bond acceptors (Lipinski definition) is 5. The van der Waals surface area contributed by atoms with E-state index in [9.17, 15) is 18.4 Å². The van der Waals surface area contributed by atoms with Gasteiger partial charge in [0.2, 0.25) is 5.89 Å². The van der Waals surface area contributed by atoms with Crippen molar-refractivity contribution in [3.8, 4) is 17.5 Å². The summed E-state index contributed by atoms with van der Waals surface area (Å²) in [4.78, 5) is 10.8. The van der Waals surface area contributed by atoms with E-state index in [4.69, 9.17) is 4.42 Å². The predicted octanol–water partition coefficient (Wildman–Crippen LogP) is 8.14. The molecule has 1 saturated heterocycles. The van der Waals surface area contributed by atoms with Crippen molar-refractivity contribution in [2.24, 2.45) is 5.92 Å². The number of aromatic nitrogens is 2. The van der Waals surface area contributed by atoms with Gasteiger partial charge in [0.15, 0.2) is 5.58 Å². The number of nitrogens with zero attached hydrogens (tertiary/aromatic N) is 4. The van der Waals surface area contributed by atoms with Gasteiger partial charge in [-0.2, -0.15) is 18.4 Å². The summed E-state index contributed by atoms with van der Waals surface area (Å²) < 4.78 is 44.5. The van der Waals surface area contributed by atoms with Crippen LogP contribution < -0.4 is 4.90 Å². The quantitative estimate of drug-likeness (QED) is 0.240. The van der Waals surface area contributed by atoms with Crippen LogP contribution in [0.5, 0.6) is 0 Å². The molecule has 39 heavy (non-hydrogen) atoms. The number of rotatable bonds is 7. The average Bonchev–Trinajstić information content (AvgIpc) is 3.37. The molecule has 0 bridgehead atoms. The van der Waals surface area contributed by atoms with Gasteiger partial charge in [-0.05, 0) is 85.9 Å². The molecular formula is C31H31F3N4O. The van der Waals surface area contributed by atoms with Crippen LogP contribution in [-0.4, -0.2) is 23.1 Å². The molecule has 0 amide bonds. The van der Waals surface area contributed by atoms with Gasteiger partial charge in [-0.15, -0.1) is 0 Å². The van der Waals surface area contributed by atoms with Gasteiger partial charge in [0.05, 0.1) is 17.2 Å². The molecular weight excluding hydrogens is 501 g/mol. The van der Waals surface area contributed by atoms with Crippen LogP contribution in [0.2, 0.25) is 0 Å². The lowest BCUT2D eigenvalue weighted by Gasteiger charge is -2.33. The summed E-state index contributed by atoms with van der Waals surface area (Å²) in [5.74, 6) is 2.01. The molecule has 0 unspecified atom stereocenters. The number of piperidine rings is 1. The first-order valence-corrected chi connectivity index (χ1v) is 13.4. The van der Waals surface area contributed by atoms with E-state index in [1.807, 2.05) is 18.2 Å². The third-order valence-corrected chi connectivity index (χ3v) is 7.56. The maximum Gasteiger partial charge on any atom is 0.417 e. The van der Waals surface area contributed by atoms with Gasteiger partial charge in [0.1, 0.15) is 11.3 Å². The number of halogens is 3. The smallest absolute Gasteiger partial charge is 0.417 e. The number of nitriles is 1. The Bertz CT molecular complexity index is 1460. The van der Waals surface area contributed by atoms with Gasteiger partial charge in [-0.1, -0.05) is 26.0 Å². The summed E-state index contributed by atoms with van der Waals surface area (Å²) in [6, 6.07) is 16.7. The minimum absolute atomic E-state index is 0.220. The van der Waals surface area contributed by atoms with Crippen molar-refractivity contribution in [1.82, 2.24) is 9.97 Å². The van der Waals surface area contributed by atoms with Crippen molar-refractivity contribution in [1.29, 1.82) is 5.26 Å². The van der Waals surface area contributed by atoms with E-state index < -0.39 is 11.7 Å². The Labute approximate surface area is 226 Å². The van der Waals surface area contributed by atoms with E-state index in [1.165, 1.54) is 11.6 Å². The lowest BCUT2D eigenvalue weighted by Crippen LogP contribution is -2.34. The van der Waals surface area contributed by atoms with Crippen molar-refractivity contribution in [3.05, 3.63) is 77.0 Å². The van der Waals surface area contributed by atoms with Crippen LogP contribution >= 0.6 is 0 Å². The third-order valence-electron chi connectivity index (χ3n) is 7.56. The number of anilines is 1. The number of benzene rings is 2. The largest absolute Gasteiger partial charge is 0.436 e. The first-order valence-electron chi connectivity index (χ1n) is 13.4. The molecule has 1 fully saturated rings. The van der Waals surface area contributed by atoms with Crippen molar-refractivity contribution in [2.75, 3.05) is 18.0 Å². The minimum atomic E-state index is -4.36. The first-order chi connectivity index (χ1) is 18.7. The van der Waals surface area contributed by atoms with Gasteiger partial charge in [0.25, 0.3) is 0 Å². The van der Waals surface area contributed by atoms with Crippen LogP contribution in [0.4, 0.5) is 19.0 Å². The predicted molar refractivity (Wildman–Crippen MR) is 145 cm³/mol. The lowest BCUT2D eigenvalue weighted by atomic mass is 9.90. The highest BCUT2D eigenvalue weighted by Crippen LogP contribution is 2.33. The van der Waals surface area contributed by atoms with E-state index in [2.05, 4.69) is 46.9 Å². The number of alkyl halides is 3. The van der Waals surface area contributed by atoms with E-state index in [1.54, 1.807) is 6.07 Å².